The minimum atomic E-state index is -0.785. The van der Waals surface area contributed by atoms with E-state index in [2.05, 4.69) is 142 Å². The van der Waals surface area contributed by atoms with Crippen LogP contribution in [0.15, 0.2) is 122 Å². The molecule has 0 N–H and O–H groups in total. The molecule has 0 aromatic rings. The summed E-state index contributed by atoms with van der Waals surface area (Å²) in [5.41, 5.74) is 0. The van der Waals surface area contributed by atoms with E-state index in [0.29, 0.717) is 19.3 Å². The van der Waals surface area contributed by atoms with Gasteiger partial charge in [0.2, 0.25) is 0 Å². The zero-order valence-corrected chi connectivity index (χ0v) is 48.8. The van der Waals surface area contributed by atoms with E-state index in [-0.39, 0.29) is 31.1 Å². The Hall–Kier alpha value is -4.19. The van der Waals surface area contributed by atoms with Gasteiger partial charge in [-0.1, -0.05) is 284 Å². The van der Waals surface area contributed by atoms with Crippen molar-refractivity contribution in [3.05, 3.63) is 122 Å². The average molecular weight is 1040 g/mol. The van der Waals surface area contributed by atoms with E-state index in [0.717, 1.165) is 135 Å². The second-order valence-electron chi connectivity index (χ2n) is 20.2. The Bertz CT molecular complexity index is 1570. The van der Waals surface area contributed by atoms with Gasteiger partial charge in [-0.15, -0.1) is 0 Å². The van der Waals surface area contributed by atoms with E-state index >= 15 is 0 Å². The molecule has 426 valence electrons. The molecule has 0 radical (unpaired) electrons. The van der Waals surface area contributed by atoms with Gasteiger partial charge in [-0.2, -0.15) is 0 Å². The van der Waals surface area contributed by atoms with Crippen LogP contribution in [-0.4, -0.2) is 37.2 Å². The lowest BCUT2D eigenvalue weighted by atomic mass is 10.0. The summed E-state index contributed by atoms with van der Waals surface area (Å²) in [5, 5.41) is 0. The van der Waals surface area contributed by atoms with E-state index in [9.17, 15) is 14.4 Å². The first-order chi connectivity index (χ1) is 37.0. The third-order valence-electron chi connectivity index (χ3n) is 13.0. The number of carbonyl (C=O) groups is 3. The molecule has 0 amide bonds. The first-order valence-corrected chi connectivity index (χ1v) is 31.0. The molecule has 0 saturated carbocycles. The van der Waals surface area contributed by atoms with Crippen molar-refractivity contribution in [2.24, 2.45) is 0 Å². The lowest BCUT2D eigenvalue weighted by Gasteiger charge is -2.18. The summed E-state index contributed by atoms with van der Waals surface area (Å²) < 4.78 is 16.8. The van der Waals surface area contributed by atoms with Crippen LogP contribution in [0.4, 0.5) is 0 Å². The van der Waals surface area contributed by atoms with Crippen molar-refractivity contribution in [2.75, 3.05) is 13.2 Å². The molecule has 0 aromatic heterocycles. The summed E-state index contributed by atoms with van der Waals surface area (Å²) in [6.45, 7) is 6.47. The fourth-order valence-corrected chi connectivity index (χ4v) is 8.35. The standard InChI is InChI=1S/C69H114O6/c1-4-7-10-13-16-18-20-22-24-25-26-27-28-29-30-31-32-33-34-35-36-37-38-39-40-41-42-43-45-46-48-50-53-56-59-62-68(71)74-65-66(64-73-67(70)61-58-55-52-15-12-9-6-3)75-69(72)63-60-57-54-51-49-47-44-23-21-19-17-14-11-8-5-2/h7,10,16,18,22,24,26-27,29-30,32-33,35-36,38-39,41-42,45-46,66H,4-6,8-9,11-15,17,19-21,23,25,28,31,34,37,40,43-44,47-65H2,1-3H3/b10-7-,18-16-,24-22-,27-26-,30-29-,33-32-,36-35-,39-38-,42-41-,46-45-. The van der Waals surface area contributed by atoms with Crippen LogP contribution in [0.2, 0.25) is 0 Å². The van der Waals surface area contributed by atoms with Crippen LogP contribution in [0.1, 0.15) is 278 Å². The molecule has 6 nitrogen and oxygen atoms in total. The largest absolute Gasteiger partial charge is 0.462 e. The minimum Gasteiger partial charge on any atom is -0.462 e. The highest BCUT2D eigenvalue weighted by Gasteiger charge is 2.19. The fraction of sp³-hybridized carbons (Fsp3) is 0.667. The molecular formula is C69H114O6. The second kappa shape index (κ2) is 62.4. The molecule has 0 fully saturated rings. The van der Waals surface area contributed by atoms with Gasteiger partial charge >= 0.3 is 17.9 Å². The van der Waals surface area contributed by atoms with Crippen LogP contribution >= 0.6 is 0 Å². The molecule has 0 heterocycles. The van der Waals surface area contributed by atoms with Crippen LogP contribution < -0.4 is 0 Å². The first kappa shape index (κ1) is 70.8. The molecule has 1 atom stereocenters. The molecule has 0 saturated heterocycles. The lowest BCUT2D eigenvalue weighted by molar-refractivity contribution is -0.167. The van der Waals surface area contributed by atoms with Gasteiger partial charge in [-0.25, -0.2) is 0 Å². The van der Waals surface area contributed by atoms with E-state index in [1.54, 1.807) is 0 Å². The van der Waals surface area contributed by atoms with E-state index in [1.807, 2.05) is 0 Å². The van der Waals surface area contributed by atoms with Crippen molar-refractivity contribution >= 4 is 17.9 Å². The molecule has 0 aromatic carbocycles. The summed E-state index contributed by atoms with van der Waals surface area (Å²) in [4.78, 5) is 38.0. The molecule has 6 heteroatoms. The van der Waals surface area contributed by atoms with Gasteiger partial charge in [-0.05, 0) is 96.3 Å². The van der Waals surface area contributed by atoms with Gasteiger partial charge in [-0.3, -0.25) is 14.4 Å². The molecular weight excluding hydrogens is 925 g/mol. The maximum Gasteiger partial charge on any atom is 0.306 e. The SMILES string of the molecule is CC/C=C\C/C=C\C/C=C\C/C=C\C/C=C\C/C=C\C/C=C\C/C=C\C/C=C\C/C=C\CCCCCCC(=O)OCC(COC(=O)CCCCCCCCC)OC(=O)CCCCCCCCCCCCCCCCC. The van der Waals surface area contributed by atoms with Crippen molar-refractivity contribution in [3.8, 4) is 0 Å². The van der Waals surface area contributed by atoms with E-state index < -0.39 is 6.10 Å². The lowest BCUT2D eigenvalue weighted by Crippen LogP contribution is -2.30. The highest BCUT2D eigenvalue weighted by molar-refractivity contribution is 5.71. The number of allylic oxidation sites excluding steroid dienone is 20. The quantitative estimate of drug-likeness (QED) is 0.0261. The zero-order valence-electron chi connectivity index (χ0n) is 48.8. The Labute approximate surface area is 462 Å². The number of ether oxygens (including phenoxy) is 3. The van der Waals surface area contributed by atoms with Crippen molar-refractivity contribution < 1.29 is 28.6 Å². The predicted molar refractivity (Wildman–Crippen MR) is 325 cm³/mol. The number of carbonyl (C=O) groups excluding carboxylic acids is 3. The third-order valence-corrected chi connectivity index (χ3v) is 13.0. The Morgan fingerprint density at radius 3 is 0.813 bits per heavy atom. The molecule has 75 heavy (non-hydrogen) atoms. The van der Waals surface area contributed by atoms with Gasteiger partial charge in [0.1, 0.15) is 13.2 Å². The zero-order chi connectivity index (χ0) is 54.3. The monoisotopic (exact) mass is 1040 g/mol. The maximum absolute atomic E-state index is 12.8. The average Bonchev–Trinajstić information content (AvgIpc) is 3.41. The fourth-order valence-electron chi connectivity index (χ4n) is 8.35. The Balaban J connectivity index is 4.18. The summed E-state index contributed by atoms with van der Waals surface area (Å²) >= 11 is 0. The van der Waals surface area contributed by atoms with Crippen LogP contribution in [0, 0.1) is 0 Å². The predicted octanol–water partition coefficient (Wildman–Crippen LogP) is 21.2. The molecule has 0 aliphatic carbocycles. The molecule has 0 aliphatic rings. The van der Waals surface area contributed by atoms with Gasteiger partial charge in [0, 0.05) is 19.3 Å². The Morgan fingerprint density at radius 1 is 0.280 bits per heavy atom. The number of unbranched alkanes of at least 4 members (excludes halogenated alkanes) is 24. The van der Waals surface area contributed by atoms with Crippen molar-refractivity contribution in [2.45, 2.75) is 284 Å². The molecule has 1 unspecified atom stereocenters. The van der Waals surface area contributed by atoms with Crippen LogP contribution in [0.5, 0.6) is 0 Å². The molecule has 0 rings (SSSR count). The van der Waals surface area contributed by atoms with E-state index in [1.165, 1.54) is 103 Å². The Morgan fingerprint density at radius 2 is 0.520 bits per heavy atom. The van der Waals surface area contributed by atoms with Gasteiger partial charge in [0.15, 0.2) is 6.10 Å². The number of esters is 3. The molecule has 0 aliphatic heterocycles. The number of rotatable bonds is 55. The topological polar surface area (TPSA) is 78.9 Å². The summed E-state index contributed by atoms with van der Waals surface area (Å²) in [6.07, 6.45) is 86.5. The number of hydrogen-bond donors (Lipinski definition) is 0. The van der Waals surface area contributed by atoms with Crippen molar-refractivity contribution in [1.29, 1.82) is 0 Å². The molecule has 0 bridgehead atoms. The van der Waals surface area contributed by atoms with Gasteiger partial charge in [0.05, 0.1) is 0 Å². The summed E-state index contributed by atoms with van der Waals surface area (Å²) in [6, 6.07) is 0. The highest BCUT2D eigenvalue weighted by atomic mass is 16.6. The third kappa shape index (κ3) is 60.6. The highest BCUT2D eigenvalue weighted by Crippen LogP contribution is 2.15. The smallest absolute Gasteiger partial charge is 0.306 e. The van der Waals surface area contributed by atoms with Crippen LogP contribution in [0.3, 0.4) is 0 Å². The second-order valence-corrected chi connectivity index (χ2v) is 20.2. The minimum absolute atomic E-state index is 0.0846. The van der Waals surface area contributed by atoms with Crippen LogP contribution in [-0.2, 0) is 28.6 Å². The molecule has 0 spiro atoms. The Kier molecular flexibility index (Phi) is 58.9. The van der Waals surface area contributed by atoms with Crippen LogP contribution in [0.25, 0.3) is 0 Å². The summed E-state index contributed by atoms with van der Waals surface area (Å²) in [5.74, 6) is -0.914. The van der Waals surface area contributed by atoms with E-state index in [4.69, 9.17) is 14.2 Å². The maximum atomic E-state index is 12.8. The van der Waals surface area contributed by atoms with Gasteiger partial charge in [0.25, 0.3) is 0 Å². The normalized spacial score (nSPS) is 12.9. The first-order valence-electron chi connectivity index (χ1n) is 31.0. The number of hydrogen-bond acceptors (Lipinski definition) is 6. The summed E-state index contributed by atoms with van der Waals surface area (Å²) in [7, 11) is 0. The van der Waals surface area contributed by atoms with Crippen molar-refractivity contribution in [1.82, 2.24) is 0 Å². The van der Waals surface area contributed by atoms with Crippen molar-refractivity contribution in [3.63, 3.8) is 0 Å². The van der Waals surface area contributed by atoms with Gasteiger partial charge < -0.3 is 14.2 Å².